The van der Waals surface area contributed by atoms with Gasteiger partial charge in [-0.15, -0.1) is 11.3 Å². The molecule has 2 heterocycles. The molecule has 0 saturated heterocycles. The molecule has 3 aromatic rings. The molecule has 0 bridgehead atoms. The van der Waals surface area contributed by atoms with Crippen molar-refractivity contribution >= 4 is 22.4 Å². The van der Waals surface area contributed by atoms with Crippen LogP contribution in [0.15, 0.2) is 42.5 Å². The van der Waals surface area contributed by atoms with E-state index in [1.807, 2.05) is 56.3 Å². The number of carbonyl (C=O) groups is 1. The Kier molecular flexibility index (Phi) is 5.40. The molecular weight excluding hydrogens is 388 g/mol. The number of amides is 1. The highest BCUT2D eigenvalue weighted by molar-refractivity contribution is 7.15. The average Bonchev–Trinajstić information content (AvgIpc) is 3.28. The second-order valence-electron chi connectivity index (χ2n) is 6.96. The molecule has 0 aliphatic carbocycles. The second kappa shape index (κ2) is 8.13. The topological polar surface area (TPSA) is 69.7 Å². The zero-order chi connectivity index (χ0) is 20.4. The van der Waals surface area contributed by atoms with Gasteiger partial charge in [0.1, 0.15) is 5.75 Å². The Bertz CT molecular complexity index is 1050. The number of nitrogens with zero attached hydrogens (tertiary/aromatic N) is 1. The number of thiazole rings is 1. The summed E-state index contributed by atoms with van der Waals surface area (Å²) in [6, 6.07) is 13.6. The molecule has 150 valence electrons. The van der Waals surface area contributed by atoms with Gasteiger partial charge >= 0.3 is 0 Å². The van der Waals surface area contributed by atoms with E-state index in [2.05, 4.69) is 10.3 Å². The summed E-state index contributed by atoms with van der Waals surface area (Å²) in [5.41, 5.74) is 3.09. The molecule has 6 nitrogen and oxygen atoms in total. The van der Waals surface area contributed by atoms with E-state index in [-0.39, 0.29) is 12.7 Å². The number of fused-ring (bicyclic) bond motifs is 1. The van der Waals surface area contributed by atoms with Crippen LogP contribution in [-0.4, -0.2) is 23.8 Å². The number of aryl methyl sites for hydroxylation is 2. The van der Waals surface area contributed by atoms with E-state index < -0.39 is 6.10 Å². The van der Waals surface area contributed by atoms with Gasteiger partial charge in [-0.25, -0.2) is 4.98 Å². The van der Waals surface area contributed by atoms with Gasteiger partial charge in [0.25, 0.3) is 5.91 Å². The monoisotopic (exact) mass is 410 g/mol. The van der Waals surface area contributed by atoms with Crippen molar-refractivity contribution in [3.63, 3.8) is 0 Å². The van der Waals surface area contributed by atoms with Crippen LogP contribution in [-0.2, 0) is 11.2 Å². The van der Waals surface area contributed by atoms with Crippen LogP contribution in [0.4, 0.5) is 5.13 Å². The van der Waals surface area contributed by atoms with Crippen molar-refractivity contribution in [1.82, 2.24) is 4.98 Å². The lowest BCUT2D eigenvalue weighted by Gasteiger charge is -2.14. The molecule has 1 aromatic heterocycles. The van der Waals surface area contributed by atoms with Crippen LogP contribution >= 0.6 is 11.3 Å². The fourth-order valence-corrected chi connectivity index (χ4v) is 4.03. The first-order valence-corrected chi connectivity index (χ1v) is 10.2. The first-order valence-electron chi connectivity index (χ1n) is 9.37. The summed E-state index contributed by atoms with van der Waals surface area (Å²) >= 11 is 1.47. The SMILES string of the molecule is Cc1cccc(OC(C)C(=O)Nc2nc(C)c(Cc3ccc4c(c3)OCO4)s2)c1. The van der Waals surface area contributed by atoms with Crippen molar-refractivity contribution in [3.8, 4) is 17.2 Å². The molecule has 7 heteroatoms. The predicted molar refractivity (Wildman–Crippen MR) is 112 cm³/mol. The normalized spacial score (nSPS) is 13.2. The molecule has 0 spiro atoms. The van der Waals surface area contributed by atoms with Gasteiger partial charge in [-0.05, 0) is 56.2 Å². The Balaban J connectivity index is 1.40. The summed E-state index contributed by atoms with van der Waals surface area (Å²) in [5, 5.41) is 3.44. The van der Waals surface area contributed by atoms with E-state index in [4.69, 9.17) is 14.2 Å². The fraction of sp³-hybridized carbons (Fsp3) is 0.273. The Labute approximate surface area is 173 Å². The molecular formula is C22H22N2O4S. The van der Waals surface area contributed by atoms with Crippen LogP contribution in [0.25, 0.3) is 0 Å². The zero-order valence-electron chi connectivity index (χ0n) is 16.5. The van der Waals surface area contributed by atoms with Gasteiger partial charge in [0.15, 0.2) is 22.7 Å². The third-order valence-corrected chi connectivity index (χ3v) is 5.67. The van der Waals surface area contributed by atoms with Crippen molar-refractivity contribution in [2.45, 2.75) is 33.3 Å². The van der Waals surface area contributed by atoms with Crippen LogP contribution in [0.5, 0.6) is 17.2 Å². The van der Waals surface area contributed by atoms with Gasteiger partial charge in [-0.1, -0.05) is 18.2 Å². The van der Waals surface area contributed by atoms with E-state index in [1.54, 1.807) is 6.92 Å². The second-order valence-corrected chi connectivity index (χ2v) is 8.04. The van der Waals surface area contributed by atoms with Crippen LogP contribution in [0.1, 0.15) is 28.6 Å². The smallest absolute Gasteiger partial charge is 0.266 e. The lowest BCUT2D eigenvalue weighted by Crippen LogP contribution is -2.30. The fourth-order valence-electron chi connectivity index (χ4n) is 3.04. The Hall–Kier alpha value is -3.06. The van der Waals surface area contributed by atoms with E-state index >= 15 is 0 Å². The van der Waals surface area contributed by atoms with Gasteiger partial charge in [0.2, 0.25) is 6.79 Å². The van der Waals surface area contributed by atoms with Crippen molar-refractivity contribution in [1.29, 1.82) is 0 Å². The Morgan fingerprint density at radius 2 is 2.03 bits per heavy atom. The third kappa shape index (κ3) is 4.51. The summed E-state index contributed by atoms with van der Waals surface area (Å²) in [6.45, 7) is 5.92. The summed E-state index contributed by atoms with van der Waals surface area (Å²) in [6.07, 6.45) is 0.0871. The minimum absolute atomic E-state index is 0.227. The number of aromatic nitrogens is 1. The molecule has 1 aliphatic rings. The number of benzene rings is 2. The largest absolute Gasteiger partial charge is 0.481 e. The number of nitrogens with one attached hydrogen (secondary N) is 1. The van der Waals surface area contributed by atoms with E-state index in [0.29, 0.717) is 17.3 Å². The maximum atomic E-state index is 12.5. The highest BCUT2D eigenvalue weighted by Gasteiger charge is 2.19. The predicted octanol–water partition coefficient (Wildman–Crippen LogP) is 4.49. The van der Waals surface area contributed by atoms with Gasteiger partial charge in [0, 0.05) is 11.3 Å². The molecule has 1 aliphatic heterocycles. The van der Waals surface area contributed by atoms with Crippen LogP contribution in [0, 0.1) is 13.8 Å². The molecule has 1 atom stereocenters. The Morgan fingerprint density at radius 1 is 1.21 bits per heavy atom. The molecule has 4 rings (SSSR count). The molecule has 29 heavy (non-hydrogen) atoms. The lowest BCUT2D eigenvalue weighted by molar-refractivity contribution is -0.122. The van der Waals surface area contributed by atoms with Crippen LogP contribution in [0.3, 0.4) is 0 Å². The number of carbonyl (C=O) groups excluding carboxylic acids is 1. The summed E-state index contributed by atoms with van der Waals surface area (Å²) in [4.78, 5) is 18.1. The summed E-state index contributed by atoms with van der Waals surface area (Å²) in [5.74, 6) is 1.98. The average molecular weight is 410 g/mol. The summed E-state index contributed by atoms with van der Waals surface area (Å²) in [7, 11) is 0. The first kappa shape index (κ1) is 19.3. The molecule has 0 saturated carbocycles. The minimum Gasteiger partial charge on any atom is -0.481 e. The standard InChI is InChI=1S/C22H22N2O4S/c1-13-5-4-6-17(9-13)28-15(3)21(25)24-22-23-14(2)20(29-22)11-16-7-8-18-19(10-16)27-12-26-18/h4-10,15H,11-12H2,1-3H3,(H,23,24,25). The lowest BCUT2D eigenvalue weighted by atomic mass is 10.1. The molecule has 0 radical (unpaired) electrons. The quantitative estimate of drug-likeness (QED) is 0.649. The van der Waals surface area contributed by atoms with E-state index in [0.717, 1.165) is 33.2 Å². The van der Waals surface area contributed by atoms with Crippen molar-refractivity contribution in [3.05, 3.63) is 64.2 Å². The molecule has 1 N–H and O–H groups in total. The number of rotatable bonds is 6. The summed E-state index contributed by atoms with van der Waals surface area (Å²) < 4.78 is 16.5. The maximum Gasteiger partial charge on any atom is 0.266 e. The van der Waals surface area contributed by atoms with Crippen molar-refractivity contribution < 1.29 is 19.0 Å². The van der Waals surface area contributed by atoms with Gasteiger partial charge in [-0.2, -0.15) is 0 Å². The molecule has 1 amide bonds. The maximum absolute atomic E-state index is 12.5. The highest BCUT2D eigenvalue weighted by atomic mass is 32.1. The van der Waals surface area contributed by atoms with Crippen LogP contribution < -0.4 is 19.5 Å². The van der Waals surface area contributed by atoms with Gasteiger partial charge in [0.05, 0.1) is 5.69 Å². The van der Waals surface area contributed by atoms with Gasteiger partial charge < -0.3 is 14.2 Å². The van der Waals surface area contributed by atoms with E-state index in [1.165, 1.54) is 11.3 Å². The first-order chi connectivity index (χ1) is 14.0. The Morgan fingerprint density at radius 3 is 2.86 bits per heavy atom. The number of hydrogen-bond donors (Lipinski definition) is 1. The minimum atomic E-state index is -0.627. The van der Waals surface area contributed by atoms with Crippen LogP contribution in [0.2, 0.25) is 0 Å². The van der Waals surface area contributed by atoms with Crippen molar-refractivity contribution in [2.75, 3.05) is 12.1 Å². The molecule has 0 fully saturated rings. The van der Waals surface area contributed by atoms with Crippen molar-refractivity contribution in [2.24, 2.45) is 0 Å². The highest BCUT2D eigenvalue weighted by Crippen LogP contribution is 2.34. The van der Waals surface area contributed by atoms with Gasteiger partial charge in [-0.3, -0.25) is 10.1 Å². The number of hydrogen-bond acceptors (Lipinski definition) is 6. The molecule has 2 aromatic carbocycles. The zero-order valence-corrected chi connectivity index (χ0v) is 17.3. The number of ether oxygens (including phenoxy) is 3. The molecule has 1 unspecified atom stereocenters. The third-order valence-electron chi connectivity index (χ3n) is 4.60. The number of anilines is 1. The van der Waals surface area contributed by atoms with E-state index in [9.17, 15) is 4.79 Å².